The van der Waals surface area contributed by atoms with Crippen LogP contribution in [0.15, 0.2) is 30.3 Å². The van der Waals surface area contributed by atoms with Gasteiger partial charge in [-0.1, -0.05) is 36.8 Å². The number of nitrogens with two attached hydrogens (primary N) is 2. The number of ether oxygens (including phenoxy) is 1. The highest BCUT2D eigenvalue weighted by Gasteiger charge is 2.44. The molecular weight excluding hydrogens is 431 g/mol. The molecule has 1 heterocycles. The van der Waals surface area contributed by atoms with E-state index in [2.05, 4.69) is 5.32 Å². The number of hydrogen-bond donors (Lipinski definition) is 6. The minimum atomic E-state index is -1.62. The zero-order valence-electron chi connectivity index (χ0n) is 18.6. The smallest absolute Gasteiger partial charge is 0.451 e. The number of nitrogens with one attached hydrogen (secondary N) is 1. The summed E-state index contributed by atoms with van der Waals surface area (Å²) in [6.45, 7) is 0.493. The molecule has 8 N–H and O–H groups in total. The Labute approximate surface area is 193 Å². The Bertz CT molecular complexity index is 798. The van der Waals surface area contributed by atoms with Crippen molar-refractivity contribution in [1.29, 1.82) is 0 Å². The van der Waals surface area contributed by atoms with E-state index < -0.39 is 36.7 Å². The maximum Gasteiger partial charge on any atom is 0.451 e. The Kier molecular flexibility index (Phi) is 10.1. The van der Waals surface area contributed by atoms with Crippen molar-refractivity contribution >= 4 is 25.1 Å². The summed E-state index contributed by atoms with van der Waals surface area (Å²) in [6, 6.07) is 8.37. The number of benzene rings is 1. The number of piperidine rings is 1. The molecule has 12 heteroatoms. The van der Waals surface area contributed by atoms with E-state index in [0.717, 1.165) is 5.56 Å². The number of carboxylic acids is 1. The molecule has 2 amide bonds. The second kappa shape index (κ2) is 12.5. The molecule has 1 aromatic carbocycles. The highest BCUT2D eigenvalue weighted by molar-refractivity contribution is 6.40. The van der Waals surface area contributed by atoms with Crippen LogP contribution in [0.4, 0.5) is 4.79 Å². The second-order valence-corrected chi connectivity index (χ2v) is 8.55. The number of nitrogens with zero attached hydrogens (tertiary/aromatic N) is 1. The number of aliphatic carboxylic acids is 1. The monoisotopic (exact) mass is 464 g/mol. The van der Waals surface area contributed by atoms with E-state index in [-0.39, 0.29) is 51.3 Å². The lowest BCUT2D eigenvalue weighted by atomic mass is 9.75. The van der Waals surface area contributed by atoms with E-state index >= 15 is 0 Å². The van der Waals surface area contributed by atoms with E-state index in [9.17, 15) is 19.5 Å². The van der Waals surface area contributed by atoms with Gasteiger partial charge in [0.15, 0.2) is 0 Å². The third-order valence-corrected chi connectivity index (χ3v) is 5.67. The summed E-state index contributed by atoms with van der Waals surface area (Å²) in [5, 5.41) is 30.3. The number of alkyl carbamates (subject to hydrolysis) is 1. The summed E-state index contributed by atoms with van der Waals surface area (Å²) < 4.78 is 5.11. The van der Waals surface area contributed by atoms with Crippen molar-refractivity contribution in [2.24, 2.45) is 17.4 Å². The molecule has 1 aliphatic rings. The van der Waals surface area contributed by atoms with E-state index in [0.29, 0.717) is 12.8 Å². The first kappa shape index (κ1) is 26.6. The zero-order valence-corrected chi connectivity index (χ0v) is 18.6. The van der Waals surface area contributed by atoms with Gasteiger partial charge in [0, 0.05) is 19.6 Å². The molecule has 1 aromatic rings. The number of likely N-dealkylation sites (tertiary alicyclic amines) is 1. The Morgan fingerprint density at radius 3 is 2.61 bits per heavy atom. The predicted molar refractivity (Wildman–Crippen MR) is 121 cm³/mol. The highest BCUT2D eigenvalue weighted by atomic mass is 16.5. The highest BCUT2D eigenvalue weighted by Crippen LogP contribution is 2.28. The minimum Gasteiger partial charge on any atom is -0.480 e. The molecule has 0 spiro atoms. The van der Waals surface area contributed by atoms with Gasteiger partial charge in [0.05, 0.1) is 6.04 Å². The number of carbonyl (C=O) groups is 3. The van der Waals surface area contributed by atoms with Crippen LogP contribution in [0, 0.1) is 5.92 Å². The first-order valence-electron chi connectivity index (χ1n) is 11.0. The normalized spacial score (nSPS) is 21.2. The summed E-state index contributed by atoms with van der Waals surface area (Å²) in [6.07, 6.45) is 0.632. The summed E-state index contributed by atoms with van der Waals surface area (Å²) in [5.41, 5.74) is 11.3. The lowest BCUT2D eigenvalue weighted by Gasteiger charge is -2.42. The van der Waals surface area contributed by atoms with Gasteiger partial charge in [-0.2, -0.15) is 0 Å². The zero-order chi connectivity index (χ0) is 24.4. The summed E-state index contributed by atoms with van der Waals surface area (Å²) in [4.78, 5) is 37.6. The summed E-state index contributed by atoms with van der Waals surface area (Å²) in [5.74, 6) is -1.94. The van der Waals surface area contributed by atoms with Crippen LogP contribution in [0.25, 0.3) is 0 Å². The molecule has 0 aliphatic carbocycles. The van der Waals surface area contributed by atoms with Crippen LogP contribution in [0.5, 0.6) is 0 Å². The molecule has 1 aliphatic heterocycles. The molecule has 1 fully saturated rings. The first-order chi connectivity index (χ1) is 15.6. The van der Waals surface area contributed by atoms with E-state index in [1.54, 1.807) is 0 Å². The van der Waals surface area contributed by atoms with Crippen molar-refractivity contribution in [1.82, 2.24) is 10.2 Å². The van der Waals surface area contributed by atoms with Gasteiger partial charge in [-0.05, 0) is 37.1 Å². The Hall–Kier alpha value is -2.67. The van der Waals surface area contributed by atoms with E-state index in [1.807, 2.05) is 30.3 Å². The molecule has 182 valence electrons. The molecule has 3 atom stereocenters. The molecule has 33 heavy (non-hydrogen) atoms. The Morgan fingerprint density at radius 1 is 1.27 bits per heavy atom. The fourth-order valence-electron chi connectivity index (χ4n) is 3.91. The third kappa shape index (κ3) is 8.65. The quantitative estimate of drug-likeness (QED) is 0.186. The molecule has 0 aromatic heterocycles. The lowest BCUT2D eigenvalue weighted by Crippen LogP contribution is -2.64. The summed E-state index contributed by atoms with van der Waals surface area (Å²) >= 11 is 0. The molecular formula is C21H33BN4O7. The van der Waals surface area contributed by atoms with Crippen molar-refractivity contribution in [3.63, 3.8) is 0 Å². The third-order valence-electron chi connectivity index (χ3n) is 5.67. The van der Waals surface area contributed by atoms with Crippen LogP contribution in [0.1, 0.15) is 31.2 Å². The number of carbonyl (C=O) groups excluding carboxylic acids is 2. The van der Waals surface area contributed by atoms with Gasteiger partial charge in [0.2, 0.25) is 5.91 Å². The van der Waals surface area contributed by atoms with Crippen LogP contribution in [-0.2, 0) is 20.9 Å². The van der Waals surface area contributed by atoms with Crippen molar-refractivity contribution in [2.45, 2.75) is 50.2 Å². The molecule has 1 saturated heterocycles. The van der Waals surface area contributed by atoms with Crippen LogP contribution >= 0.6 is 0 Å². The van der Waals surface area contributed by atoms with Gasteiger partial charge in [-0.3, -0.25) is 9.59 Å². The number of amides is 2. The average Bonchev–Trinajstić information content (AvgIpc) is 2.78. The maximum absolute atomic E-state index is 12.8. The fourth-order valence-corrected chi connectivity index (χ4v) is 3.91. The van der Waals surface area contributed by atoms with Crippen molar-refractivity contribution in [3.8, 4) is 0 Å². The molecule has 0 unspecified atom stereocenters. The second-order valence-electron chi connectivity index (χ2n) is 8.55. The number of hydrogen-bond acceptors (Lipinski definition) is 8. The number of carboxylic acid groups (broad SMARTS) is 1. The lowest BCUT2D eigenvalue weighted by molar-refractivity contribution is -0.149. The van der Waals surface area contributed by atoms with Gasteiger partial charge in [-0.25, -0.2) is 4.79 Å². The van der Waals surface area contributed by atoms with Crippen LogP contribution in [0.2, 0.25) is 6.32 Å². The fraction of sp³-hybridized carbons (Fsp3) is 0.571. The van der Waals surface area contributed by atoms with Gasteiger partial charge in [-0.15, -0.1) is 0 Å². The van der Waals surface area contributed by atoms with Gasteiger partial charge < -0.3 is 41.6 Å². The van der Waals surface area contributed by atoms with Gasteiger partial charge >= 0.3 is 19.2 Å². The summed E-state index contributed by atoms with van der Waals surface area (Å²) in [7, 11) is -1.51. The Balaban J connectivity index is 1.78. The van der Waals surface area contributed by atoms with E-state index in [4.69, 9.17) is 26.3 Å². The molecule has 0 bridgehead atoms. The van der Waals surface area contributed by atoms with Crippen molar-refractivity contribution < 1.29 is 34.3 Å². The molecule has 0 radical (unpaired) electrons. The van der Waals surface area contributed by atoms with Gasteiger partial charge in [0.1, 0.15) is 12.1 Å². The Morgan fingerprint density at radius 2 is 1.97 bits per heavy atom. The topological polar surface area (TPSA) is 188 Å². The van der Waals surface area contributed by atoms with E-state index in [1.165, 1.54) is 4.90 Å². The van der Waals surface area contributed by atoms with Crippen LogP contribution in [0.3, 0.4) is 0 Å². The average molecular weight is 464 g/mol. The first-order valence-corrected chi connectivity index (χ1v) is 11.0. The maximum atomic E-state index is 12.8. The SMILES string of the molecule is N[C@@H](CCCNC(=O)OCc1ccccc1)C(=O)N1C[C@@H](CCB(O)O)C[C@](N)(C(=O)O)C1. The predicted octanol–water partition coefficient (Wildman–Crippen LogP) is -0.486. The van der Waals surface area contributed by atoms with Crippen LogP contribution in [-0.4, -0.2) is 76.4 Å². The largest absolute Gasteiger partial charge is 0.480 e. The van der Waals surface area contributed by atoms with Gasteiger partial charge in [0.25, 0.3) is 0 Å². The number of rotatable bonds is 11. The van der Waals surface area contributed by atoms with Crippen LogP contribution < -0.4 is 16.8 Å². The van der Waals surface area contributed by atoms with Crippen molar-refractivity contribution in [3.05, 3.63) is 35.9 Å². The standard InChI is InChI=1S/C21H33BN4O7/c23-17(7-4-10-25-20(30)33-13-15-5-2-1-3-6-15)18(27)26-12-16(8-9-22(31)32)11-21(24,14-26)19(28)29/h1-3,5-6,16-17,31-32H,4,7-14,23-24H2,(H,25,30)(H,28,29)/t16-,17-,21+/m0/s1. The molecule has 0 saturated carbocycles. The molecule has 2 rings (SSSR count). The minimum absolute atomic E-state index is 0.0560. The molecule has 11 nitrogen and oxygen atoms in total. The van der Waals surface area contributed by atoms with Crippen molar-refractivity contribution in [2.75, 3.05) is 19.6 Å².